The Morgan fingerprint density at radius 2 is 2.13 bits per heavy atom. The average Bonchev–Trinajstić information content (AvgIpc) is 2.75. The molecule has 1 aliphatic heterocycles. The van der Waals surface area contributed by atoms with E-state index in [2.05, 4.69) is 52.3 Å². The van der Waals surface area contributed by atoms with Crippen LogP contribution >= 0.6 is 22.6 Å². The number of hydrazine groups is 1. The van der Waals surface area contributed by atoms with Gasteiger partial charge in [0.1, 0.15) is 0 Å². The minimum absolute atomic E-state index is 0.212. The Morgan fingerprint density at radius 1 is 1.40 bits per heavy atom. The lowest BCUT2D eigenvalue weighted by atomic mass is 9.93. The van der Waals surface area contributed by atoms with Gasteiger partial charge in [-0.05, 0) is 46.7 Å². The number of rotatable bonds is 3. The predicted molar refractivity (Wildman–Crippen MR) is 68.1 cm³/mol. The van der Waals surface area contributed by atoms with Crippen molar-refractivity contribution in [2.75, 3.05) is 13.2 Å². The number of ether oxygens (including phenoxy) is 1. The fourth-order valence-corrected chi connectivity index (χ4v) is 2.35. The van der Waals surface area contributed by atoms with Crippen molar-refractivity contribution in [1.82, 2.24) is 5.43 Å². The minimum atomic E-state index is 0.212. The summed E-state index contributed by atoms with van der Waals surface area (Å²) < 4.78 is 6.63. The molecule has 0 saturated carbocycles. The van der Waals surface area contributed by atoms with E-state index in [-0.39, 0.29) is 6.04 Å². The zero-order chi connectivity index (χ0) is 10.7. The molecule has 4 heteroatoms. The van der Waals surface area contributed by atoms with Crippen molar-refractivity contribution in [2.45, 2.75) is 12.5 Å². The van der Waals surface area contributed by atoms with Crippen LogP contribution in [-0.4, -0.2) is 13.2 Å². The summed E-state index contributed by atoms with van der Waals surface area (Å²) in [5, 5.41) is 0. The van der Waals surface area contributed by atoms with Crippen LogP contribution < -0.4 is 11.3 Å². The van der Waals surface area contributed by atoms with Gasteiger partial charge >= 0.3 is 0 Å². The van der Waals surface area contributed by atoms with E-state index in [0.717, 1.165) is 19.6 Å². The highest BCUT2D eigenvalue weighted by Crippen LogP contribution is 2.28. The summed E-state index contributed by atoms with van der Waals surface area (Å²) in [5.74, 6) is 6.11. The summed E-state index contributed by atoms with van der Waals surface area (Å²) in [4.78, 5) is 0. The van der Waals surface area contributed by atoms with Crippen LogP contribution in [0.5, 0.6) is 0 Å². The molecule has 0 aliphatic carbocycles. The Kier molecular flexibility index (Phi) is 3.96. The Bertz CT molecular complexity index is 309. The van der Waals surface area contributed by atoms with Crippen LogP contribution in [0.25, 0.3) is 0 Å². The van der Waals surface area contributed by atoms with Gasteiger partial charge < -0.3 is 4.74 Å². The monoisotopic (exact) mass is 318 g/mol. The van der Waals surface area contributed by atoms with Crippen molar-refractivity contribution in [1.29, 1.82) is 0 Å². The molecule has 1 aliphatic rings. The van der Waals surface area contributed by atoms with E-state index in [4.69, 9.17) is 10.6 Å². The highest BCUT2D eigenvalue weighted by atomic mass is 127. The van der Waals surface area contributed by atoms with E-state index in [1.165, 1.54) is 9.13 Å². The average molecular weight is 318 g/mol. The second-order valence-corrected chi connectivity index (χ2v) is 5.07. The molecule has 3 N–H and O–H groups in total. The maximum Gasteiger partial charge on any atom is 0.0513 e. The molecule has 1 saturated heterocycles. The van der Waals surface area contributed by atoms with Crippen molar-refractivity contribution in [2.24, 2.45) is 11.8 Å². The van der Waals surface area contributed by atoms with Crippen LogP contribution in [0.15, 0.2) is 24.3 Å². The molecule has 0 aromatic heterocycles. The third-order valence-electron chi connectivity index (χ3n) is 2.84. The summed E-state index contributed by atoms with van der Waals surface area (Å²) in [6.07, 6.45) is 1.08. The molecule has 1 aromatic carbocycles. The van der Waals surface area contributed by atoms with Gasteiger partial charge in [-0.25, -0.2) is 0 Å². The zero-order valence-electron chi connectivity index (χ0n) is 8.45. The standard InChI is InChI=1S/C11H15IN2O/c12-10-3-1-8(2-4-10)11(14-13)9-5-6-15-7-9/h1-4,9,11,14H,5-7,13H2. The van der Waals surface area contributed by atoms with Crippen LogP contribution in [0.1, 0.15) is 18.0 Å². The Morgan fingerprint density at radius 3 is 2.67 bits per heavy atom. The number of nitrogens with two attached hydrogens (primary N) is 1. The van der Waals surface area contributed by atoms with Crippen molar-refractivity contribution in [3.63, 3.8) is 0 Å². The first-order chi connectivity index (χ1) is 7.31. The zero-order valence-corrected chi connectivity index (χ0v) is 10.6. The second kappa shape index (κ2) is 5.25. The van der Waals surface area contributed by atoms with Crippen molar-refractivity contribution >= 4 is 22.6 Å². The maximum atomic E-state index is 5.62. The van der Waals surface area contributed by atoms with Crippen LogP contribution in [0.4, 0.5) is 0 Å². The maximum absolute atomic E-state index is 5.62. The molecular formula is C11H15IN2O. The molecule has 82 valence electrons. The van der Waals surface area contributed by atoms with Gasteiger partial charge in [-0.1, -0.05) is 12.1 Å². The Hall–Kier alpha value is -0.170. The molecule has 0 amide bonds. The summed E-state index contributed by atoms with van der Waals surface area (Å²) in [6.45, 7) is 1.66. The van der Waals surface area contributed by atoms with Gasteiger partial charge in [-0.2, -0.15) is 0 Å². The molecule has 1 heterocycles. The number of nitrogens with one attached hydrogen (secondary N) is 1. The van der Waals surface area contributed by atoms with Gasteiger partial charge in [0.15, 0.2) is 0 Å². The molecule has 0 spiro atoms. The topological polar surface area (TPSA) is 47.3 Å². The van der Waals surface area contributed by atoms with E-state index in [1.54, 1.807) is 0 Å². The largest absolute Gasteiger partial charge is 0.381 e. The Balaban J connectivity index is 2.14. The molecule has 0 radical (unpaired) electrons. The Labute approximate surface area is 103 Å². The van der Waals surface area contributed by atoms with Gasteiger partial charge in [0, 0.05) is 16.1 Å². The molecule has 1 fully saturated rings. The predicted octanol–water partition coefficient (Wildman–Crippen LogP) is 1.83. The highest BCUT2D eigenvalue weighted by Gasteiger charge is 2.25. The van der Waals surface area contributed by atoms with Crippen LogP contribution in [0, 0.1) is 9.49 Å². The molecule has 2 unspecified atom stereocenters. The summed E-state index contributed by atoms with van der Waals surface area (Å²) >= 11 is 2.30. The minimum Gasteiger partial charge on any atom is -0.381 e. The van der Waals surface area contributed by atoms with Crippen molar-refractivity contribution in [3.05, 3.63) is 33.4 Å². The molecule has 3 nitrogen and oxygen atoms in total. The lowest BCUT2D eigenvalue weighted by molar-refractivity contribution is 0.177. The fraction of sp³-hybridized carbons (Fsp3) is 0.455. The first-order valence-electron chi connectivity index (χ1n) is 5.10. The van der Waals surface area contributed by atoms with Crippen LogP contribution in [0.2, 0.25) is 0 Å². The van der Waals surface area contributed by atoms with Crippen molar-refractivity contribution < 1.29 is 4.74 Å². The first kappa shape index (κ1) is 11.3. The van der Waals surface area contributed by atoms with E-state index >= 15 is 0 Å². The van der Waals surface area contributed by atoms with E-state index in [0.29, 0.717) is 5.92 Å². The SMILES string of the molecule is NNC(c1ccc(I)cc1)C1CCOC1. The van der Waals surface area contributed by atoms with Gasteiger partial charge in [0.25, 0.3) is 0 Å². The van der Waals surface area contributed by atoms with Crippen molar-refractivity contribution in [3.8, 4) is 0 Å². The van der Waals surface area contributed by atoms with Gasteiger partial charge in [0.05, 0.1) is 12.6 Å². The normalized spacial score (nSPS) is 22.9. The first-order valence-corrected chi connectivity index (χ1v) is 6.18. The molecule has 2 rings (SSSR count). The quantitative estimate of drug-likeness (QED) is 0.508. The lowest BCUT2D eigenvalue weighted by Gasteiger charge is -2.21. The lowest BCUT2D eigenvalue weighted by Crippen LogP contribution is -2.33. The number of halogens is 1. The van der Waals surface area contributed by atoms with E-state index in [9.17, 15) is 0 Å². The summed E-state index contributed by atoms with van der Waals surface area (Å²) in [7, 11) is 0. The van der Waals surface area contributed by atoms with Crippen LogP contribution in [0.3, 0.4) is 0 Å². The van der Waals surface area contributed by atoms with E-state index < -0.39 is 0 Å². The summed E-state index contributed by atoms with van der Waals surface area (Å²) in [5.41, 5.74) is 4.14. The third-order valence-corrected chi connectivity index (χ3v) is 3.56. The number of benzene rings is 1. The van der Waals surface area contributed by atoms with Crippen LogP contribution in [-0.2, 0) is 4.74 Å². The summed E-state index contributed by atoms with van der Waals surface area (Å²) in [6, 6.07) is 8.69. The molecule has 1 aromatic rings. The molecule has 0 bridgehead atoms. The number of hydrogen-bond donors (Lipinski definition) is 2. The van der Waals surface area contributed by atoms with Gasteiger partial charge in [-0.15, -0.1) is 0 Å². The second-order valence-electron chi connectivity index (χ2n) is 3.82. The molecule has 2 atom stereocenters. The third kappa shape index (κ3) is 2.69. The smallest absolute Gasteiger partial charge is 0.0513 e. The molecular weight excluding hydrogens is 303 g/mol. The number of hydrogen-bond acceptors (Lipinski definition) is 3. The van der Waals surface area contributed by atoms with E-state index in [1.807, 2.05) is 0 Å². The fourth-order valence-electron chi connectivity index (χ4n) is 1.99. The highest BCUT2D eigenvalue weighted by molar-refractivity contribution is 14.1. The molecule has 15 heavy (non-hydrogen) atoms. The van der Waals surface area contributed by atoms with Gasteiger partial charge in [0.2, 0.25) is 0 Å². The van der Waals surface area contributed by atoms with Gasteiger partial charge in [-0.3, -0.25) is 11.3 Å².